The SMILES string of the molecule is CCOc1ccc(NC(=O)CN2CC(CC)Oc3ccc(N)cc32)cc1. The van der Waals surface area contributed by atoms with E-state index in [0.29, 0.717) is 18.8 Å². The number of carbonyl (C=O) groups is 1. The van der Waals surface area contributed by atoms with Crippen LogP contribution in [-0.2, 0) is 4.79 Å². The van der Waals surface area contributed by atoms with Gasteiger partial charge in [-0.25, -0.2) is 0 Å². The molecule has 3 N–H and O–H groups in total. The fourth-order valence-electron chi connectivity index (χ4n) is 2.98. The van der Waals surface area contributed by atoms with Crippen molar-refractivity contribution >= 4 is 23.0 Å². The van der Waals surface area contributed by atoms with Gasteiger partial charge in [0.25, 0.3) is 0 Å². The monoisotopic (exact) mass is 355 g/mol. The van der Waals surface area contributed by atoms with Gasteiger partial charge in [0.1, 0.15) is 17.6 Å². The Balaban J connectivity index is 1.69. The summed E-state index contributed by atoms with van der Waals surface area (Å²) in [5.74, 6) is 1.47. The molecule has 0 aromatic heterocycles. The molecule has 0 saturated carbocycles. The number of ether oxygens (including phenoxy) is 2. The lowest BCUT2D eigenvalue weighted by Gasteiger charge is -2.35. The van der Waals surface area contributed by atoms with Crippen LogP contribution >= 0.6 is 0 Å². The van der Waals surface area contributed by atoms with Crippen LogP contribution in [0.4, 0.5) is 17.1 Å². The van der Waals surface area contributed by atoms with Gasteiger partial charge in [0.05, 0.1) is 25.4 Å². The van der Waals surface area contributed by atoms with Crippen molar-refractivity contribution in [2.24, 2.45) is 0 Å². The molecular formula is C20H25N3O3. The zero-order chi connectivity index (χ0) is 18.5. The quantitative estimate of drug-likeness (QED) is 0.778. The van der Waals surface area contributed by atoms with E-state index in [4.69, 9.17) is 15.2 Å². The summed E-state index contributed by atoms with van der Waals surface area (Å²) in [6.07, 6.45) is 0.935. The summed E-state index contributed by atoms with van der Waals surface area (Å²) < 4.78 is 11.4. The topological polar surface area (TPSA) is 76.8 Å². The number of anilines is 3. The van der Waals surface area contributed by atoms with Crippen molar-refractivity contribution in [1.29, 1.82) is 0 Å². The Hall–Kier alpha value is -2.89. The van der Waals surface area contributed by atoms with E-state index < -0.39 is 0 Å². The van der Waals surface area contributed by atoms with Gasteiger partial charge in [-0.1, -0.05) is 6.92 Å². The maximum atomic E-state index is 12.5. The average Bonchev–Trinajstić information content (AvgIpc) is 2.63. The normalized spacial score (nSPS) is 15.8. The number of hydrogen-bond donors (Lipinski definition) is 2. The van der Waals surface area contributed by atoms with E-state index in [1.807, 2.05) is 54.3 Å². The number of nitrogens with zero attached hydrogens (tertiary/aromatic N) is 1. The number of rotatable bonds is 6. The minimum Gasteiger partial charge on any atom is -0.494 e. The van der Waals surface area contributed by atoms with Gasteiger partial charge in [0.2, 0.25) is 5.91 Å². The van der Waals surface area contributed by atoms with Crippen LogP contribution in [0.1, 0.15) is 20.3 Å². The molecule has 1 unspecified atom stereocenters. The first-order chi connectivity index (χ1) is 12.6. The lowest BCUT2D eigenvalue weighted by Crippen LogP contribution is -2.43. The number of nitrogens with one attached hydrogen (secondary N) is 1. The first-order valence-corrected chi connectivity index (χ1v) is 8.93. The summed E-state index contributed by atoms with van der Waals surface area (Å²) in [5, 5.41) is 2.93. The van der Waals surface area contributed by atoms with E-state index >= 15 is 0 Å². The number of fused-ring (bicyclic) bond motifs is 1. The molecule has 26 heavy (non-hydrogen) atoms. The molecule has 3 rings (SSSR count). The third-order valence-electron chi connectivity index (χ3n) is 4.28. The summed E-state index contributed by atoms with van der Waals surface area (Å²) in [7, 11) is 0. The van der Waals surface area contributed by atoms with Crippen LogP contribution in [0, 0.1) is 0 Å². The van der Waals surface area contributed by atoms with Crippen molar-refractivity contribution in [2.75, 3.05) is 35.6 Å². The summed E-state index contributed by atoms with van der Waals surface area (Å²) >= 11 is 0. The van der Waals surface area contributed by atoms with Crippen LogP contribution in [0.15, 0.2) is 42.5 Å². The van der Waals surface area contributed by atoms with Gasteiger partial charge in [-0.2, -0.15) is 0 Å². The Bertz CT molecular complexity index is 761. The van der Waals surface area contributed by atoms with E-state index in [1.165, 1.54) is 0 Å². The Morgan fingerprint density at radius 1 is 1.27 bits per heavy atom. The van der Waals surface area contributed by atoms with E-state index in [0.717, 1.165) is 29.3 Å². The summed E-state index contributed by atoms with van der Waals surface area (Å²) in [5.41, 5.74) is 8.16. The van der Waals surface area contributed by atoms with E-state index in [1.54, 1.807) is 0 Å². The molecule has 6 heteroatoms. The van der Waals surface area contributed by atoms with Crippen molar-refractivity contribution < 1.29 is 14.3 Å². The Kier molecular flexibility index (Phi) is 5.51. The lowest BCUT2D eigenvalue weighted by molar-refractivity contribution is -0.115. The molecule has 1 atom stereocenters. The van der Waals surface area contributed by atoms with Gasteiger partial charge in [0, 0.05) is 11.4 Å². The number of amides is 1. The molecule has 0 radical (unpaired) electrons. The maximum Gasteiger partial charge on any atom is 0.243 e. The molecule has 1 heterocycles. The predicted octanol–water partition coefficient (Wildman–Crippen LogP) is 3.28. The zero-order valence-corrected chi connectivity index (χ0v) is 15.2. The maximum absolute atomic E-state index is 12.5. The molecule has 1 aliphatic rings. The fourth-order valence-corrected chi connectivity index (χ4v) is 2.98. The molecular weight excluding hydrogens is 330 g/mol. The second-order valence-corrected chi connectivity index (χ2v) is 6.26. The third-order valence-corrected chi connectivity index (χ3v) is 4.28. The van der Waals surface area contributed by atoms with Crippen molar-refractivity contribution in [2.45, 2.75) is 26.4 Å². The van der Waals surface area contributed by atoms with Gasteiger partial charge in [-0.05, 0) is 55.8 Å². The van der Waals surface area contributed by atoms with Gasteiger partial charge >= 0.3 is 0 Å². The number of nitrogens with two attached hydrogens (primary N) is 1. The minimum atomic E-state index is -0.0840. The minimum absolute atomic E-state index is 0.0596. The highest BCUT2D eigenvalue weighted by atomic mass is 16.5. The fraction of sp³-hybridized carbons (Fsp3) is 0.350. The molecule has 0 aliphatic carbocycles. The number of hydrogen-bond acceptors (Lipinski definition) is 5. The molecule has 138 valence electrons. The van der Waals surface area contributed by atoms with E-state index in [2.05, 4.69) is 12.2 Å². The van der Waals surface area contributed by atoms with Crippen molar-refractivity contribution in [3.63, 3.8) is 0 Å². The van der Waals surface area contributed by atoms with Crippen LogP contribution in [0.25, 0.3) is 0 Å². The summed E-state index contributed by atoms with van der Waals surface area (Å²) in [6.45, 7) is 5.52. The Morgan fingerprint density at radius 3 is 2.73 bits per heavy atom. The molecule has 2 aromatic carbocycles. The van der Waals surface area contributed by atoms with E-state index in [9.17, 15) is 4.79 Å². The average molecular weight is 355 g/mol. The van der Waals surface area contributed by atoms with Crippen molar-refractivity contribution in [1.82, 2.24) is 0 Å². The highest BCUT2D eigenvalue weighted by Crippen LogP contribution is 2.35. The number of carbonyl (C=O) groups excluding carboxylic acids is 1. The molecule has 1 amide bonds. The molecule has 6 nitrogen and oxygen atoms in total. The largest absolute Gasteiger partial charge is 0.494 e. The van der Waals surface area contributed by atoms with Crippen LogP contribution in [-0.4, -0.2) is 31.7 Å². The standard InChI is InChI=1S/C20H25N3O3/c1-3-16-12-23(18-11-14(21)5-10-19(18)26-16)13-20(24)22-15-6-8-17(9-7-15)25-4-2/h5-11,16H,3-4,12-13,21H2,1-2H3,(H,22,24). The zero-order valence-electron chi connectivity index (χ0n) is 15.2. The molecule has 0 saturated heterocycles. The van der Waals surface area contributed by atoms with Crippen molar-refractivity contribution in [3.05, 3.63) is 42.5 Å². The van der Waals surface area contributed by atoms with Crippen molar-refractivity contribution in [3.8, 4) is 11.5 Å². The Labute approximate surface area is 153 Å². The van der Waals surface area contributed by atoms with E-state index in [-0.39, 0.29) is 18.6 Å². The van der Waals surface area contributed by atoms with Gasteiger partial charge < -0.3 is 25.4 Å². The number of nitrogen functional groups attached to an aromatic ring is 1. The highest BCUT2D eigenvalue weighted by Gasteiger charge is 2.26. The van der Waals surface area contributed by atoms with Gasteiger partial charge in [0.15, 0.2) is 0 Å². The molecule has 1 aliphatic heterocycles. The smallest absolute Gasteiger partial charge is 0.243 e. The third kappa shape index (κ3) is 4.20. The predicted molar refractivity (Wildman–Crippen MR) is 104 cm³/mol. The number of benzene rings is 2. The molecule has 0 fully saturated rings. The first-order valence-electron chi connectivity index (χ1n) is 8.93. The Morgan fingerprint density at radius 2 is 2.04 bits per heavy atom. The summed E-state index contributed by atoms with van der Waals surface area (Å²) in [4.78, 5) is 14.5. The lowest BCUT2D eigenvalue weighted by atomic mass is 10.1. The van der Waals surface area contributed by atoms with Gasteiger partial charge in [-0.15, -0.1) is 0 Å². The van der Waals surface area contributed by atoms with Crippen LogP contribution in [0.2, 0.25) is 0 Å². The molecule has 0 spiro atoms. The molecule has 2 aromatic rings. The summed E-state index contributed by atoms with van der Waals surface area (Å²) in [6, 6.07) is 12.9. The van der Waals surface area contributed by atoms with Gasteiger partial charge in [-0.3, -0.25) is 4.79 Å². The van der Waals surface area contributed by atoms with Crippen LogP contribution in [0.5, 0.6) is 11.5 Å². The van der Waals surface area contributed by atoms with Crippen LogP contribution in [0.3, 0.4) is 0 Å². The molecule has 0 bridgehead atoms. The first kappa shape index (κ1) is 17.9. The second kappa shape index (κ2) is 7.99. The van der Waals surface area contributed by atoms with Crippen LogP contribution < -0.4 is 25.4 Å². The second-order valence-electron chi connectivity index (χ2n) is 6.26. The highest BCUT2D eigenvalue weighted by molar-refractivity contribution is 5.94.